The molecule has 0 amide bonds. The van der Waals surface area contributed by atoms with Crippen molar-refractivity contribution < 1.29 is 4.74 Å². The molecule has 4 N–H and O–H groups in total. The zero-order chi connectivity index (χ0) is 17.6. The Morgan fingerprint density at radius 2 is 1.64 bits per heavy atom. The molecule has 0 radical (unpaired) electrons. The lowest BCUT2D eigenvalue weighted by Gasteiger charge is -2.14. The minimum atomic E-state index is 0.730. The average Bonchev–Trinajstić information content (AvgIpc) is 2.63. The quantitative estimate of drug-likeness (QED) is 0.573. The lowest BCUT2D eigenvalue weighted by Crippen LogP contribution is -1.95. The van der Waals surface area contributed by atoms with Crippen LogP contribution in [0.2, 0.25) is 0 Å². The molecule has 0 aliphatic heterocycles. The van der Waals surface area contributed by atoms with Crippen LogP contribution >= 0.6 is 0 Å². The molecule has 0 unspecified atom stereocenters. The number of rotatable bonds is 6. The van der Waals surface area contributed by atoms with Gasteiger partial charge in [-0.05, 0) is 66.4 Å². The Morgan fingerprint density at radius 1 is 0.880 bits per heavy atom. The summed E-state index contributed by atoms with van der Waals surface area (Å²) in [6, 6.07) is 21.7. The predicted molar refractivity (Wildman–Crippen MR) is 106 cm³/mol. The van der Waals surface area contributed by atoms with Crippen molar-refractivity contribution in [1.82, 2.24) is 0 Å². The van der Waals surface area contributed by atoms with Crippen LogP contribution < -0.4 is 16.2 Å². The Bertz CT molecular complexity index is 841. The first-order chi connectivity index (χ1) is 12.2. The molecule has 3 aromatic carbocycles. The summed E-state index contributed by atoms with van der Waals surface area (Å²) in [5, 5.41) is 0. The predicted octanol–water partition coefficient (Wildman–Crippen LogP) is 5.65. The molecule has 0 atom stereocenters. The van der Waals surface area contributed by atoms with Crippen LogP contribution in [-0.2, 0) is 6.42 Å². The van der Waals surface area contributed by atoms with E-state index in [0.717, 1.165) is 53.3 Å². The van der Waals surface area contributed by atoms with Gasteiger partial charge in [-0.2, -0.15) is 0 Å². The van der Waals surface area contributed by atoms with E-state index in [1.807, 2.05) is 48.5 Å². The minimum Gasteiger partial charge on any atom is -0.457 e. The Morgan fingerprint density at radius 3 is 2.36 bits per heavy atom. The first-order valence-electron chi connectivity index (χ1n) is 8.68. The van der Waals surface area contributed by atoms with Crippen LogP contribution in [0.25, 0.3) is 11.1 Å². The molecule has 0 spiro atoms. The van der Waals surface area contributed by atoms with E-state index in [9.17, 15) is 0 Å². The number of para-hydroxylation sites is 1. The summed E-state index contributed by atoms with van der Waals surface area (Å²) in [7, 11) is 0. The molecular formula is C22H24N2O. The SMILES string of the molecule is CCCCc1cc(-c2ccccc2N)ccc1Oc1ccc(N)cc1. The van der Waals surface area contributed by atoms with Crippen molar-refractivity contribution in [2.24, 2.45) is 0 Å². The van der Waals surface area contributed by atoms with Gasteiger partial charge in [0, 0.05) is 16.9 Å². The van der Waals surface area contributed by atoms with Gasteiger partial charge < -0.3 is 16.2 Å². The summed E-state index contributed by atoms with van der Waals surface area (Å²) in [4.78, 5) is 0. The lowest BCUT2D eigenvalue weighted by molar-refractivity contribution is 0.475. The summed E-state index contributed by atoms with van der Waals surface area (Å²) in [6.45, 7) is 2.19. The number of nitrogen functional groups attached to an aromatic ring is 2. The maximum Gasteiger partial charge on any atom is 0.130 e. The van der Waals surface area contributed by atoms with Crippen molar-refractivity contribution in [3.8, 4) is 22.6 Å². The van der Waals surface area contributed by atoms with Crippen LogP contribution in [0.3, 0.4) is 0 Å². The maximum atomic E-state index is 6.14. The van der Waals surface area contributed by atoms with Crippen molar-refractivity contribution >= 4 is 11.4 Å². The number of nitrogens with two attached hydrogens (primary N) is 2. The molecule has 128 valence electrons. The topological polar surface area (TPSA) is 61.3 Å². The molecule has 3 rings (SSSR count). The van der Waals surface area contributed by atoms with Crippen molar-refractivity contribution in [3.63, 3.8) is 0 Å². The highest BCUT2D eigenvalue weighted by Crippen LogP contribution is 2.33. The van der Waals surface area contributed by atoms with Gasteiger partial charge in [0.1, 0.15) is 11.5 Å². The Hall–Kier alpha value is -2.94. The summed E-state index contributed by atoms with van der Waals surface area (Å²) in [5.41, 5.74) is 16.8. The lowest BCUT2D eigenvalue weighted by atomic mass is 9.98. The molecule has 0 fully saturated rings. The second kappa shape index (κ2) is 7.75. The average molecular weight is 332 g/mol. The van der Waals surface area contributed by atoms with E-state index in [-0.39, 0.29) is 0 Å². The number of hydrogen-bond acceptors (Lipinski definition) is 3. The number of hydrogen-bond donors (Lipinski definition) is 2. The molecule has 3 aromatic rings. The van der Waals surface area contributed by atoms with Gasteiger partial charge in [-0.1, -0.05) is 37.6 Å². The van der Waals surface area contributed by atoms with Crippen molar-refractivity contribution in [2.75, 3.05) is 11.5 Å². The second-order valence-electron chi connectivity index (χ2n) is 6.18. The van der Waals surface area contributed by atoms with Crippen LogP contribution in [0, 0.1) is 0 Å². The normalized spacial score (nSPS) is 10.6. The minimum absolute atomic E-state index is 0.730. The zero-order valence-corrected chi connectivity index (χ0v) is 14.5. The summed E-state index contributed by atoms with van der Waals surface area (Å²) >= 11 is 0. The van der Waals surface area contributed by atoms with Crippen LogP contribution in [0.4, 0.5) is 11.4 Å². The highest BCUT2D eigenvalue weighted by molar-refractivity contribution is 5.77. The van der Waals surface area contributed by atoms with Gasteiger partial charge in [0.2, 0.25) is 0 Å². The van der Waals surface area contributed by atoms with E-state index in [1.54, 1.807) is 0 Å². The molecule has 3 heteroatoms. The number of unbranched alkanes of at least 4 members (excludes halogenated alkanes) is 1. The molecule has 0 heterocycles. The standard InChI is InChI=1S/C22H24N2O/c1-2-3-6-17-15-16(20-7-4-5-8-21(20)24)9-14-22(17)25-19-12-10-18(23)11-13-19/h4-5,7-15H,2-3,6,23-24H2,1H3. The van der Waals surface area contributed by atoms with Crippen molar-refractivity contribution in [2.45, 2.75) is 26.2 Å². The van der Waals surface area contributed by atoms with E-state index in [2.05, 4.69) is 25.1 Å². The third kappa shape index (κ3) is 4.13. The first-order valence-corrected chi connectivity index (χ1v) is 8.68. The zero-order valence-electron chi connectivity index (χ0n) is 14.5. The van der Waals surface area contributed by atoms with E-state index < -0.39 is 0 Å². The fourth-order valence-corrected chi connectivity index (χ4v) is 2.83. The highest BCUT2D eigenvalue weighted by atomic mass is 16.5. The highest BCUT2D eigenvalue weighted by Gasteiger charge is 2.09. The van der Waals surface area contributed by atoms with Crippen LogP contribution in [0.1, 0.15) is 25.3 Å². The van der Waals surface area contributed by atoms with Gasteiger partial charge in [-0.25, -0.2) is 0 Å². The molecule has 0 aliphatic carbocycles. The fourth-order valence-electron chi connectivity index (χ4n) is 2.83. The molecular weight excluding hydrogens is 308 g/mol. The molecule has 0 aliphatic rings. The molecule has 3 nitrogen and oxygen atoms in total. The van der Waals surface area contributed by atoms with Crippen LogP contribution in [0.15, 0.2) is 66.7 Å². The van der Waals surface area contributed by atoms with Gasteiger partial charge in [0.25, 0.3) is 0 Å². The van der Waals surface area contributed by atoms with E-state index in [4.69, 9.17) is 16.2 Å². The number of anilines is 2. The Balaban J connectivity index is 1.94. The van der Waals surface area contributed by atoms with Gasteiger partial charge >= 0.3 is 0 Å². The second-order valence-corrected chi connectivity index (χ2v) is 6.18. The third-order valence-electron chi connectivity index (χ3n) is 4.24. The largest absolute Gasteiger partial charge is 0.457 e. The number of ether oxygens (including phenoxy) is 1. The summed E-state index contributed by atoms with van der Waals surface area (Å²) in [6.07, 6.45) is 3.23. The Kier molecular flexibility index (Phi) is 5.24. The van der Waals surface area contributed by atoms with Crippen molar-refractivity contribution in [1.29, 1.82) is 0 Å². The third-order valence-corrected chi connectivity index (χ3v) is 4.24. The maximum absolute atomic E-state index is 6.14. The summed E-state index contributed by atoms with van der Waals surface area (Å²) < 4.78 is 6.10. The van der Waals surface area contributed by atoms with Gasteiger partial charge in [-0.3, -0.25) is 0 Å². The number of aryl methyl sites for hydroxylation is 1. The summed E-state index contributed by atoms with van der Waals surface area (Å²) in [5.74, 6) is 1.68. The van der Waals surface area contributed by atoms with Gasteiger partial charge in [0.15, 0.2) is 0 Å². The van der Waals surface area contributed by atoms with E-state index in [0.29, 0.717) is 0 Å². The molecule has 0 aromatic heterocycles. The van der Waals surface area contributed by atoms with Crippen LogP contribution in [0.5, 0.6) is 11.5 Å². The monoisotopic (exact) mass is 332 g/mol. The van der Waals surface area contributed by atoms with Crippen LogP contribution in [-0.4, -0.2) is 0 Å². The molecule has 25 heavy (non-hydrogen) atoms. The number of benzene rings is 3. The van der Waals surface area contributed by atoms with Crippen molar-refractivity contribution in [3.05, 3.63) is 72.3 Å². The Labute approximate surface area is 149 Å². The molecule has 0 bridgehead atoms. The first kappa shape index (κ1) is 16.9. The van der Waals surface area contributed by atoms with E-state index >= 15 is 0 Å². The van der Waals surface area contributed by atoms with Gasteiger partial charge in [-0.15, -0.1) is 0 Å². The fraction of sp³-hybridized carbons (Fsp3) is 0.182. The molecule has 0 saturated carbocycles. The molecule has 0 saturated heterocycles. The van der Waals surface area contributed by atoms with Gasteiger partial charge in [0.05, 0.1) is 0 Å². The smallest absolute Gasteiger partial charge is 0.130 e. The van der Waals surface area contributed by atoms with E-state index in [1.165, 1.54) is 5.56 Å².